The van der Waals surface area contributed by atoms with Crippen molar-refractivity contribution in [3.8, 4) is 0 Å². The van der Waals surface area contributed by atoms with E-state index in [0.717, 1.165) is 32.1 Å². The fraction of sp³-hybridized carbons (Fsp3) is 0.438. The van der Waals surface area contributed by atoms with Crippen LogP contribution in [0, 0.1) is 0 Å². The van der Waals surface area contributed by atoms with Crippen molar-refractivity contribution in [1.82, 2.24) is 15.0 Å². The molecule has 0 saturated carbocycles. The maximum Gasteiger partial charge on any atom is 0.261 e. The summed E-state index contributed by atoms with van der Waals surface area (Å²) in [6, 6.07) is 5.11. The summed E-state index contributed by atoms with van der Waals surface area (Å²) >= 11 is 5.93. The van der Waals surface area contributed by atoms with Crippen LogP contribution in [-0.2, 0) is 11.3 Å². The van der Waals surface area contributed by atoms with Crippen LogP contribution in [0.2, 0.25) is 5.02 Å². The molecule has 0 atom stereocenters. The van der Waals surface area contributed by atoms with Crippen molar-refractivity contribution < 1.29 is 10.0 Å². The highest BCUT2D eigenvalue weighted by Crippen LogP contribution is 2.14. The van der Waals surface area contributed by atoms with Crippen molar-refractivity contribution in [3.05, 3.63) is 39.9 Å². The number of unbranched alkanes of at least 4 members (excludes halogenated alkanes) is 4. The summed E-state index contributed by atoms with van der Waals surface area (Å²) < 4.78 is 1.61. The number of aromatic nitrogens is 2. The SMILES string of the molecule is O=C(CCCCCCCn1cnc2ccc(Cl)cc2c1=O)NO. The minimum atomic E-state index is -0.350. The van der Waals surface area contributed by atoms with E-state index in [9.17, 15) is 9.59 Å². The molecule has 0 aliphatic carbocycles. The number of benzene rings is 1. The van der Waals surface area contributed by atoms with Gasteiger partial charge in [0.1, 0.15) is 0 Å². The van der Waals surface area contributed by atoms with E-state index in [1.165, 1.54) is 0 Å². The molecule has 0 unspecified atom stereocenters. The van der Waals surface area contributed by atoms with Crippen molar-refractivity contribution in [2.45, 2.75) is 45.1 Å². The Hall–Kier alpha value is -1.92. The van der Waals surface area contributed by atoms with Crippen LogP contribution in [0.5, 0.6) is 0 Å². The van der Waals surface area contributed by atoms with Crippen LogP contribution in [0.4, 0.5) is 0 Å². The summed E-state index contributed by atoms with van der Waals surface area (Å²) in [6.45, 7) is 0.616. The molecule has 6 nitrogen and oxygen atoms in total. The lowest BCUT2D eigenvalue weighted by molar-refractivity contribution is -0.129. The second-order valence-corrected chi connectivity index (χ2v) is 5.89. The molecular weight excluding hydrogens is 318 g/mol. The number of nitrogens with zero attached hydrogens (tertiary/aromatic N) is 2. The zero-order valence-corrected chi connectivity index (χ0v) is 13.6. The van der Waals surface area contributed by atoms with Crippen LogP contribution in [0.15, 0.2) is 29.3 Å². The van der Waals surface area contributed by atoms with Crippen LogP contribution in [-0.4, -0.2) is 20.7 Å². The number of hydrogen-bond donors (Lipinski definition) is 2. The molecule has 0 aliphatic heterocycles. The Labute approximate surface area is 139 Å². The first-order valence-corrected chi connectivity index (χ1v) is 8.07. The molecule has 1 aromatic heterocycles. The van der Waals surface area contributed by atoms with Gasteiger partial charge >= 0.3 is 0 Å². The van der Waals surface area contributed by atoms with Gasteiger partial charge in [-0.1, -0.05) is 30.9 Å². The van der Waals surface area contributed by atoms with Crippen molar-refractivity contribution >= 4 is 28.4 Å². The molecule has 1 heterocycles. The number of halogens is 1. The van der Waals surface area contributed by atoms with Gasteiger partial charge in [-0.25, -0.2) is 10.5 Å². The van der Waals surface area contributed by atoms with Crippen LogP contribution in [0.1, 0.15) is 38.5 Å². The third-order valence-corrected chi connectivity index (χ3v) is 3.95. The summed E-state index contributed by atoms with van der Waals surface area (Å²) in [4.78, 5) is 27.5. The third kappa shape index (κ3) is 5.04. The number of aryl methyl sites for hydroxylation is 1. The molecule has 1 amide bonds. The van der Waals surface area contributed by atoms with E-state index in [4.69, 9.17) is 16.8 Å². The fourth-order valence-corrected chi connectivity index (χ4v) is 2.62. The zero-order chi connectivity index (χ0) is 16.7. The average Bonchev–Trinajstić information content (AvgIpc) is 2.56. The van der Waals surface area contributed by atoms with Crippen molar-refractivity contribution in [3.63, 3.8) is 0 Å². The van der Waals surface area contributed by atoms with Gasteiger partial charge in [0.05, 0.1) is 17.2 Å². The Morgan fingerprint density at radius 2 is 1.96 bits per heavy atom. The molecule has 0 radical (unpaired) electrons. The second kappa shape index (κ2) is 8.64. The predicted molar refractivity (Wildman–Crippen MR) is 88.6 cm³/mol. The quantitative estimate of drug-likeness (QED) is 0.440. The standard InChI is InChI=1S/C16H20ClN3O3/c17-12-7-8-14-13(10-12)16(22)20(11-18-14)9-5-3-1-2-4-6-15(21)19-23/h7-8,10-11,23H,1-6,9H2,(H,19,21). The molecule has 2 aromatic rings. The lowest BCUT2D eigenvalue weighted by Gasteiger charge is -2.07. The Morgan fingerprint density at radius 1 is 1.22 bits per heavy atom. The first-order valence-electron chi connectivity index (χ1n) is 7.69. The number of nitrogens with one attached hydrogen (secondary N) is 1. The molecule has 0 saturated heterocycles. The highest BCUT2D eigenvalue weighted by molar-refractivity contribution is 6.31. The maximum atomic E-state index is 12.4. The number of amides is 1. The first-order chi connectivity index (χ1) is 11.1. The number of carbonyl (C=O) groups is 1. The normalized spacial score (nSPS) is 10.9. The Bertz CT molecular complexity index is 730. The van der Waals surface area contributed by atoms with E-state index in [0.29, 0.717) is 28.9 Å². The lowest BCUT2D eigenvalue weighted by atomic mass is 10.1. The monoisotopic (exact) mass is 337 g/mol. The minimum absolute atomic E-state index is 0.0721. The van der Waals surface area contributed by atoms with E-state index in [1.807, 2.05) is 0 Å². The van der Waals surface area contributed by atoms with Gasteiger partial charge in [-0.3, -0.25) is 19.4 Å². The summed E-state index contributed by atoms with van der Waals surface area (Å²) in [5.74, 6) is -0.350. The number of fused-ring (bicyclic) bond motifs is 1. The Balaban J connectivity index is 1.80. The van der Waals surface area contributed by atoms with Crippen molar-refractivity contribution in [1.29, 1.82) is 0 Å². The molecule has 2 rings (SSSR count). The molecule has 0 spiro atoms. The second-order valence-electron chi connectivity index (χ2n) is 5.46. The molecular formula is C16H20ClN3O3. The molecule has 2 N–H and O–H groups in total. The van der Waals surface area contributed by atoms with Crippen molar-refractivity contribution in [2.24, 2.45) is 0 Å². The smallest absolute Gasteiger partial charge is 0.261 e. The maximum absolute atomic E-state index is 12.4. The summed E-state index contributed by atoms with van der Waals surface area (Å²) in [5.41, 5.74) is 2.20. The highest BCUT2D eigenvalue weighted by atomic mass is 35.5. The van der Waals surface area contributed by atoms with E-state index < -0.39 is 0 Å². The summed E-state index contributed by atoms with van der Waals surface area (Å²) in [6.07, 6.45) is 6.42. The highest BCUT2D eigenvalue weighted by Gasteiger charge is 2.05. The topological polar surface area (TPSA) is 84.2 Å². The van der Waals surface area contributed by atoms with E-state index >= 15 is 0 Å². The molecule has 0 fully saturated rings. The molecule has 23 heavy (non-hydrogen) atoms. The largest absolute Gasteiger partial charge is 0.299 e. The van der Waals surface area contributed by atoms with Gasteiger partial charge < -0.3 is 0 Å². The summed E-state index contributed by atoms with van der Waals surface area (Å²) in [7, 11) is 0. The first kappa shape index (κ1) is 17.4. The summed E-state index contributed by atoms with van der Waals surface area (Å²) in [5, 5.41) is 9.44. The van der Waals surface area contributed by atoms with Crippen LogP contribution in [0.25, 0.3) is 10.9 Å². The van der Waals surface area contributed by atoms with Gasteiger partial charge in [-0.2, -0.15) is 0 Å². The van der Waals surface area contributed by atoms with Gasteiger partial charge in [0.25, 0.3) is 5.56 Å². The van der Waals surface area contributed by atoms with Crippen LogP contribution in [0.3, 0.4) is 0 Å². The van der Waals surface area contributed by atoms with Gasteiger partial charge in [-0.05, 0) is 31.0 Å². The Kier molecular flexibility index (Phi) is 6.55. The van der Waals surface area contributed by atoms with Crippen LogP contribution >= 0.6 is 11.6 Å². The Morgan fingerprint density at radius 3 is 2.74 bits per heavy atom. The average molecular weight is 338 g/mol. The van der Waals surface area contributed by atoms with Crippen molar-refractivity contribution in [2.75, 3.05) is 0 Å². The van der Waals surface area contributed by atoms with Crippen LogP contribution < -0.4 is 11.0 Å². The molecule has 1 aromatic carbocycles. The predicted octanol–water partition coefficient (Wildman–Crippen LogP) is 2.90. The van der Waals surface area contributed by atoms with Gasteiger partial charge in [0, 0.05) is 18.0 Å². The molecule has 0 aliphatic rings. The fourth-order valence-electron chi connectivity index (χ4n) is 2.44. The van der Waals surface area contributed by atoms with E-state index in [-0.39, 0.29) is 11.5 Å². The number of hydrogen-bond acceptors (Lipinski definition) is 4. The van der Waals surface area contributed by atoms with E-state index in [1.54, 1.807) is 34.6 Å². The number of rotatable bonds is 8. The number of hydroxylamine groups is 1. The van der Waals surface area contributed by atoms with E-state index in [2.05, 4.69) is 4.98 Å². The molecule has 7 heteroatoms. The van der Waals surface area contributed by atoms with Gasteiger partial charge in [0.15, 0.2) is 0 Å². The third-order valence-electron chi connectivity index (χ3n) is 3.71. The zero-order valence-electron chi connectivity index (χ0n) is 12.8. The molecule has 124 valence electrons. The van der Waals surface area contributed by atoms with Gasteiger partial charge in [0.2, 0.25) is 5.91 Å². The van der Waals surface area contributed by atoms with Gasteiger partial charge in [-0.15, -0.1) is 0 Å². The minimum Gasteiger partial charge on any atom is -0.299 e. The number of carbonyl (C=O) groups excluding carboxylic acids is 1. The molecule has 0 bridgehead atoms. The lowest BCUT2D eigenvalue weighted by Crippen LogP contribution is -2.20.